The Morgan fingerprint density at radius 1 is 0.880 bits per heavy atom. The van der Waals surface area contributed by atoms with Crippen LogP contribution in [-0.4, -0.2) is 12.9 Å². The smallest absolute Gasteiger partial charge is 0.164 e. The minimum Gasteiger partial charge on any atom is -0.497 e. The summed E-state index contributed by atoms with van der Waals surface area (Å²) in [6.45, 7) is 0. The first-order valence-electron chi connectivity index (χ1n) is 8.20. The van der Waals surface area contributed by atoms with Gasteiger partial charge in [0.05, 0.1) is 7.11 Å². The van der Waals surface area contributed by atoms with Crippen LogP contribution in [0.2, 0.25) is 0 Å². The van der Waals surface area contributed by atoms with Crippen LogP contribution >= 0.6 is 11.8 Å². The van der Waals surface area contributed by atoms with Gasteiger partial charge in [0, 0.05) is 22.1 Å². The lowest BCUT2D eigenvalue weighted by Gasteiger charge is -2.17. The number of rotatable bonds is 7. The van der Waals surface area contributed by atoms with Gasteiger partial charge >= 0.3 is 0 Å². The molecule has 0 aliphatic rings. The lowest BCUT2D eigenvalue weighted by molar-refractivity contribution is 0.0982. The highest BCUT2D eigenvalue weighted by Gasteiger charge is 2.18. The number of carbonyl (C=O) groups excluding carboxylic acids is 1. The zero-order valence-electron chi connectivity index (χ0n) is 14.1. The quantitative estimate of drug-likeness (QED) is 0.398. The molecular weight excluding hydrogens is 328 g/mol. The molecule has 0 N–H and O–H groups in total. The van der Waals surface area contributed by atoms with Crippen molar-refractivity contribution in [1.29, 1.82) is 0 Å². The van der Waals surface area contributed by atoms with E-state index >= 15 is 0 Å². The third kappa shape index (κ3) is 4.74. The molecule has 2 nitrogen and oxygen atoms in total. The number of benzene rings is 3. The van der Waals surface area contributed by atoms with Gasteiger partial charge in [0.2, 0.25) is 0 Å². The summed E-state index contributed by atoms with van der Waals surface area (Å²) in [7, 11) is 1.66. The van der Waals surface area contributed by atoms with Crippen molar-refractivity contribution in [3.8, 4) is 5.75 Å². The molecule has 3 aromatic carbocycles. The van der Waals surface area contributed by atoms with E-state index in [0.717, 1.165) is 21.8 Å². The Hall–Kier alpha value is -2.52. The molecule has 0 radical (unpaired) electrons. The summed E-state index contributed by atoms with van der Waals surface area (Å²) in [4.78, 5) is 13.8. The first-order valence-corrected chi connectivity index (χ1v) is 9.08. The maximum absolute atomic E-state index is 12.7. The molecule has 126 valence electrons. The molecule has 0 heterocycles. The molecule has 3 aromatic rings. The standard InChI is InChI=1S/C22H20O2S/c1-24-19-12-14-20(15-13-19)25-22(18-10-6-3-7-11-18)16-21(23)17-8-4-2-5-9-17/h2-15,22H,16H2,1H3/t22-/m0/s1. The van der Waals surface area contributed by atoms with Crippen LogP contribution in [0.25, 0.3) is 0 Å². The van der Waals surface area contributed by atoms with Crippen LogP contribution in [0, 0.1) is 0 Å². The van der Waals surface area contributed by atoms with Crippen molar-refractivity contribution in [2.75, 3.05) is 7.11 Å². The van der Waals surface area contributed by atoms with Crippen LogP contribution in [0.3, 0.4) is 0 Å². The zero-order valence-corrected chi connectivity index (χ0v) is 14.9. The first-order chi connectivity index (χ1) is 12.3. The van der Waals surface area contributed by atoms with E-state index in [1.54, 1.807) is 18.9 Å². The third-order valence-corrected chi connectivity index (χ3v) is 5.24. The molecule has 0 aromatic heterocycles. The Balaban J connectivity index is 1.81. The van der Waals surface area contributed by atoms with Gasteiger partial charge in [-0.15, -0.1) is 11.8 Å². The topological polar surface area (TPSA) is 26.3 Å². The molecule has 0 saturated heterocycles. The second kappa shape index (κ2) is 8.54. The maximum Gasteiger partial charge on any atom is 0.164 e. The van der Waals surface area contributed by atoms with E-state index in [4.69, 9.17) is 4.74 Å². The van der Waals surface area contributed by atoms with Gasteiger partial charge in [-0.1, -0.05) is 60.7 Å². The molecule has 0 aliphatic heterocycles. The highest BCUT2D eigenvalue weighted by Crippen LogP contribution is 2.39. The fraction of sp³-hybridized carbons (Fsp3) is 0.136. The molecule has 0 aliphatic carbocycles. The molecule has 3 rings (SSSR count). The lowest BCUT2D eigenvalue weighted by atomic mass is 10.0. The third-order valence-electron chi connectivity index (χ3n) is 3.98. The van der Waals surface area contributed by atoms with Crippen molar-refractivity contribution < 1.29 is 9.53 Å². The predicted octanol–water partition coefficient (Wildman–Crippen LogP) is 5.80. The molecule has 0 bridgehead atoms. The second-order valence-electron chi connectivity index (χ2n) is 5.69. The molecule has 0 fully saturated rings. The van der Waals surface area contributed by atoms with Crippen molar-refractivity contribution in [1.82, 2.24) is 0 Å². The average Bonchev–Trinajstić information content (AvgIpc) is 2.69. The molecule has 0 amide bonds. The van der Waals surface area contributed by atoms with Crippen molar-refractivity contribution in [2.45, 2.75) is 16.6 Å². The van der Waals surface area contributed by atoms with E-state index in [1.165, 1.54) is 0 Å². The van der Waals surface area contributed by atoms with Crippen molar-refractivity contribution in [2.24, 2.45) is 0 Å². The fourth-order valence-electron chi connectivity index (χ4n) is 2.62. The fourth-order valence-corrected chi connectivity index (χ4v) is 3.77. The number of methoxy groups -OCH3 is 1. The molecule has 25 heavy (non-hydrogen) atoms. The molecule has 0 saturated carbocycles. The minimum atomic E-state index is 0.0716. The Labute approximate surface area is 152 Å². The summed E-state index contributed by atoms with van der Waals surface area (Å²) in [5, 5.41) is 0.0716. The van der Waals surface area contributed by atoms with Gasteiger partial charge in [-0.05, 0) is 29.8 Å². The second-order valence-corrected chi connectivity index (χ2v) is 6.96. The van der Waals surface area contributed by atoms with E-state index in [9.17, 15) is 4.79 Å². The number of Topliss-reactive ketones (excluding diaryl/α,β-unsaturated/α-hetero) is 1. The summed E-state index contributed by atoms with van der Waals surface area (Å²) >= 11 is 1.71. The average molecular weight is 348 g/mol. The largest absolute Gasteiger partial charge is 0.497 e. The van der Waals surface area contributed by atoms with Crippen LogP contribution in [0.15, 0.2) is 89.8 Å². The van der Waals surface area contributed by atoms with E-state index < -0.39 is 0 Å². The van der Waals surface area contributed by atoms with Gasteiger partial charge in [0.25, 0.3) is 0 Å². The van der Waals surface area contributed by atoms with Gasteiger partial charge in [-0.25, -0.2) is 0 Å². The SMILES string of the molecule is COc1ccc(S[C@@H](CC(=O)c2ccccc2)c2ccccc2)cc1. The van der Waals surface area contributed by atoms with E-state index in [2.05, 4.69) is 12.1 Å². The predicted molar refractivity (Wildman–Crippen MR) is 103 cm³/mol. The minimum absolute atomic E-state index is 0.0716. The van der Waals surface area contributed by atoms with Gasteiger partial charge in [0.15, 0.2) is 5.78 Å². The van der Waals surface area contributed by atoms with Crippen molar-refractivity contribution >= 4 is 17.5 Å². The normalized spacial score (nSPS) is 11.7. The first kappa shape index (κ1) is 17.3. The van der Waals surface area contributed by atoms with E-state index in [0.29, 0.717) is 6.42 Å². The monoisotopic (exact) mass is 348 g/mol. The Morgan fingerprint density at radius 3 is 2.08 bits per heavy atom. The molecular formula is C22H20O2S. The number of thioether (sulfide) groups is 1. The van der Waals surface area contributed by atoms with E-state index in [-0.39, 0.29) is 11.0 Å². The van der Waals surface area contributed by atoms with Crippen molar-refractivity contribution in [3.63, 3.8) is 0 Å². The Kier molecular flexibility index (Phi) is 5.91. The highest BCUT2D eigenvalue weighted by atomic mass is 32.2. The van der Waals surface area contributed by atoms with Gasteiger partial charge in [0.1, 0.15) is 5.75 Å². The summed E-state index contributed by atoms with van der Waals surface area (Å²) in [6.07, 6.45) is 0.463. The van der Waals surface area contributed by atoms with Crippen LogP contribution in [0.1, 0.15) is 27.6 Å². The number of carbonyl (C=O) groups is 1. The Morgan fingerprint density at radius 2 is 1.48 bits per heavy atom. The number of ketones is 1. The van der Waals surface area contributed by atoms with Crippen LogP contribution in [0.4, 0.5) is 0 Å². The Bertz CT molecular complexity index is 798. The highest BCUT2D eigenvalue weighted by molar-refractivity contribution is 7.99. The van der Waals surface area contributed by atoms with Crippen molar-refractivity contribution in [3.05, 3.63) is 96.1 Å². The summed E-state index contributed by atoms with van der Waals surface area (Å²) in [5.74, 6) is 0.997. The van der Waals surface area contributed by atoms with Gasteiger partial charge in [-0.3, -0.25) is 4.79 Å². The number of ether oxygens (including phenoxy) is 1. The number of hydrogen-bond acceptors (Lipinski definition) is 3. The van der Waals surface area contributed by atoms with E-state index in [1.807, 2.05) is 72.8 Å². The van der Waals surface area contributed by atoms with Crippen LogP contribution < -0.4 is 4.74 Å². The molecule has 0 spiro atoms. The molecule has 3 heteroatoms. The summed E-state index contributed by atoms with van der Waals surface area (Å²) in [6, 6.07) is 27.7. The van der Waals surface area contributed by atoms with Crippen LogP contribution in [-0.2, 0) is 0 Å². The van der Waals surface area contributed by atoms with Gasteiger partial charge in [-0.2, -0.15) is 0 Å². The summed E-state index contributed by atoms with van der Waals surface area (Å²) < 4.78 is 5.22. The molecule has 1 atom stereocenters. The maximum atomic E-state index is 12.7. The number of hydrogen-bond donors (Lipinski definition) is 0. The van der Waals surface area contributed by atoms with Crippen LogP contribution in [0.5, 0.6) is 5.75 Å². The summed E-state index contributed by atoms with van der Waals surface area (Å²) in [5.41, 5.74) is 1.92. The van der Waals surface area contributed by atoms with Gasteiger partial charge < -0.3 is 4.74 Å². The molecule has 0 unspecified atom stereocenters. The lowest BCUT2D eigenvalue weighted by Crippen LogP contribution is -2.05. The zero-order chi connectivity index (χ0) is 17.5.